The number of carbonyl (C=O) groups is 2. The van der Waals surface area contributed by atoms with Crippen molar-refractivity contribution in [1.82, 2.24) is 0 Å². The van der Waals surface area contributed by atoms with Crippen LogP contribution in [0.4, 0.5) is 0 Å². The fourth-order valence-electron chi connectivity index (χ4n) is 1.27. The molecule has 18 heavy (non-hydrogen) atoms. The summed E-state index contributed by atoms with van der Waals surface area (Å²) < 4.78 is 4.60. The quantitative estimate of drug-likeness (QED) is 0.617. The molecule has 0 radical (unpaired) electrons. The van der Waals surface area contributed by atoms with Gasteiger partial charge in [-0.1, -0.05) is 35.7 Å². The summed E-state index contributed by atoms with van der Waals surface area (Å²) in [5.41, 5.74) is 1.70. The lowest BCUT2D eigenvalue weighted by Crippen LogP contribution is -2.04. The number of ether oxygens (including phenoxy) is 1. The molecule has 1 rings (SSSR count). The van der Waals surface area contributed by atoms with E-state index in [1.807, 2.05) is 24.3 Å². The number of methoxy groups -OCH3 is 1. The minimum absolute atomic E-state index is 0.0590. The third kappa shape index (κ3) is 5.55. The highest BCUT2D eigenvalue weighted by molar-refractivity contribution is 8.13. The molecule has 0 fully saturated rings. The van der Waals surface area contributed by atoms with Gasteiger partial charge in [-0.2, -0.15) is 0 Å². The van der Waals surface area contributed by atoms with Gasteiger partial charge in [-0.05, 0) is 17.7 Å². The third-order valence-electron chi connectivity index (χ3n) is 2.08. The van der Waals surface area contributed by atoms with Gasteiger partial charge in [0, 0.05) is 12.5 Å². The van der Waals surface area contributed by atoms with Crippen molar-refractivity contribution < 1.29 is 14.3 Å². The fraction of sp³-hybridized carbons (Fsp3) is 0.286. The third-order valence-corrected chi connectivity index (χ3v) is 2.78. The molecule has 0 aliphatic carbocycles. The van der Waals surface area contributed by atoms with E-state index in [-0.39, 0.29) is 17.5 Å². The number of hydrogen-bond donors (Lipinski definition) is 0. The molecule has 0 aliphatic heterocycles. The molecule has 0 spiro atoms. The lowest BCUT2D eigenvalue weighted by atomic mass is 10.1. The molecule has 1 aromatic rings. The topological polar surface area (TPSA) is 43.4 Å². The molecule has 4 heteroatoms. The van der Waals surface area contributed by atoms with Crippen molar-refractivity contribution in [2.75, 3.05) is 12.9 Å². The van der Waals surface area contributed by atoms with Crippen molar-refractivity contribution >= 4 is 22.8 Å². The van der Waals surface area contributed by atoms with Crippen LogP contribution in [0.1, 0.15) is 18.1 Å². The highest BCUT2D eigenvalue weighted by atomic mass is 32.2. The Morgan fingerprint density at radius 3 is 2.83 bits per heavy atom. The summed E-state index contributed by atoms with van der Waals surface area (Å²) in [6, 6.07) is 7.42. The van der Waals surface area contributed by atoms with Crippen LogP contribution in [0.3, 0.4) is 0 Å². The van der Waals surface area contributed by atoms with Crippen molar-refractivity contribution in [3.8, 4) is 11.8 Å². The fourth-order valence-corrected chi connectivity index (χ4v) is 1.62. The van der Waals surface area contributed by atoms with Crippen LogP contribution in [0.2, 0.25) is 0 Å². The molecule has 0 aliphatic rings. The molecule has 0 saturated heterocycles. The minimum Gasteiger partial charge on any atom is -0.469 e. The molecule has 0 heterocycles. The summed E-state index contributed by atoms with van der Waals surface area (Å²) in [4.78, 5) is 21.8. The number of benzene rings is 1. The second kappa shape index (κ2) is 7.57. The Balaban J connectivity index is 2.64. The van der Waals surface area contributed by atoms with E-state index in [0.29, 0.717) is 5.75 Å². The first-order valence-corrected chi connectivity index (χ1v) is 6.38. The smallest absolute Gasteiger partial charge is 0.309 e. The van der Waals surface area contributed by atoms with Gasteiger partial charge in [0.15, 0.2) is 5.12 Å². The Morgan fingerprint density at radius 1 is 1.39 bits per heavy atom. The largest absolute Gasteiger partial charge is 0.469 e. The molecule has 0 aromatic heterocycles. The predicted octanol–water partition coefficient (Wildman–Crippen LogP) is 2.03. The summed E-state index contributed by atoms with van der Waals surface area (Å²) in [7, 11) is 1.37. The molecule has 0 atom stereocenters. The standard InChI is InChI=1S/C14H14O3S/c1-11(15)18-8-4-7-12-5-3-6-13(9-12)10-14(16)17-2/h3,5-6,9H,8,10H2,1-2H3. The molecule has 0 saturated carbocycles. The van der Waals surface area contributed by atoms with Crippen molar-refractivity contribution in [2.45, 2.75) is 13.3 Å². The van der Waals surface area contributed by atoms with E-state index in [4.69, 9.17) is 0 Å². The lowest BCUT2D eigenvalue weighted by Gasteiger charge is -2.00. The van der Waals surface area contributed by atoms with Crippen molar-refractivity contribution in [3.05, 3.63) is 35.4 Å². The molecule has 0 bridgehead atoms. The van der Waals surface area contributed by atoms with Gasteiger partial charge in [-0.15, -0.1) is 0 Å². The van der Waals surface area contributed by atoms with Gasteiger partial charge in [0.2, 0.25) is 0 Å². The zero-order chi connectivity index (χ0) is 13.4. The first kappa shape index (κ1) is 14.3. The van der Waals surface area contributed by atoms with Gasteiger partial charge in [0.05, 0.1) is 19.3 Å². The van der Waals surface area contributed by atoms with E-state index in [0.717, 1.165) is 11.1 Å². The minimum atomic E-state index is -0.271. The summed E-state index contributed by atoms with van der Waals surface area (Å²) in [5.74, 6) is 6.07. The molecule has 1 aromatic carbocycles. The maximum absolute atomic E-state index is 11.1. The Labute approximate surface area is 111 Å². The lowest BCUT2D eigenvalue weighted by molar-refractivity contribution is -0.139. The average Bonchev–Trinajstić information content (AvgIpc) is 2.35. The van der Waals surface area contributed by atoms with Crippen LogP contribution < -0.4 is 0 Å². The zero-order valence-electron chi connectivity index (χ0n) is 10.4. The molecular formula is C14H14O3S. The molecular weight excluding hydrogens is 248 g/mol. The molecule has 0 N–H and O–H groups in total. The van der Waals surface area contributed by atoms with Gasteiger partial charge in [-0.25, -0.2) is 0 Å². The first-order chi connectivity index (χ1) is 8.61. The van der Waals surface area contributed by atoms with Gasteiger partial charge < -0.3 is 4.74 Å². The SMILES string of the molecule is COC(=O)Cc1cccc(C#CCSC(C)=O)c1. The van der Waals surface area contributed by atoms with Crippen LogP contribution in [0.5, 0.6) is 0 Å². The number of esters is 1. The highest BCUT2D eigenvalue weighted by Gasteiger charge is 2.02. The summed E-state index contributed by atoms with van der Waals surface area (Å²) in [5, 5.41) is 0.0590. The molecule has 3 nitrogen and oxygen atoms in total. The van der Waals surface area contributed by atoms with Crippen molar-refractivity contribution in [1.29, 1.82) is 0 Å². The van der Waals surface area contributed by atoms with Crippen molar-refractivity contribution in [3.63, 3.8) is 0 Å². The number of rotatable bonds is 3. The monoisotopic (exact) mass is 262 g/mol. The van der Waals surface area contributed by atoms with E-state index in [2.05, 4.69) is 16.6 Å². The van der Waals surface area contributed by atoms with Crippen LogP contribution in [0, 0.1) is 11.8 Å². The molecule has 0 amide bonds. The van der Waals surface area contributed by atoms with E-state index in [1.54, 1.807) is 0 Å². The van der Waals surface area contributed by atoms with Gasteiger partial charge in [-0.3, -0.25) is 9.59 Å². The van der Waals surface area contributed by atoms with Crippen molar-refractivity contribution in [2.24, 2.45) is 0 Å². The maximum Gasteiger partial charge on any atom is 0.309 e. The average molecular weight is 262 g/mol. The zero-order valence-corrected chi connectivity index (χ0v) is 11.2. The Kier molecular flexibility index (Phi) is 6.03. The number of carbonyl (C=O) groups excluding carboxylic acids is 2. The van der Waals surface area contributed by atoms with Crippen LogP contribution in [-0.2, 0) is 20.7 Å². The highest BCUT2D eigenvalue weighted by Crippen LogP contribution is 2.06. The van der Waals surface area contributed by atoms with Gasteiger partial charge in [0.25, 0.3) is 0 Å². The maximum atomic E-state index is 11.1. The second-order valence-corrected chi connectivity index (χ2v) is 4.69. The summed E-state index contributed by atoms with van der Waals surface area (Å²) in [6.07, 6.45) is 0.244. The van der Waals surface area contributed by atoms with Crippen LogP contribution in [0.25, 0.3) is 0 Å². The Morgan fingerprint density at radius 2 is 2.17 bits per heavy atom. The van der Waals surface area contributed by atoms with E-state index < -0.39 is 0 Å². The number of thioether (sulfide) groups is 1. The Bertz CT molecular complexity index is 497. The first-order valence-electron chi connectivity index (χ1n) is 5.40. The summed E-state index contributed by atoms with van der Waals surface area (Å²) >= 11 is 1.18. The van der Waals surface area contributed by atoms with Crippen LogP contribution in [-0.4, -0.2) is 23.9 Å². The van der Waals surface area contributed by atoms with E-state index in [9.17, 15) is 9.59 Å². The molecule has 0 unspecified atom stereocenters. The molecule has 94 valence electrons. The van der Waals surface area contributed by atoms with E-state index >= 15 is 0 Å². The second-order valence-electron chi connectivity index (χ2n) is 3.54. The van der Waals surface area contributed by atoms with Gasteiger partial charge >= 0.3 is 5.97 Å². The van der Waals surface area contributed by atoms with Crippen LogP contribution >= 0.6 is 11.8 Å². The summed E-state index contributed by atoms with van der Waals surface area (Å²) in [6.45, 7) is 1.52. The van der Waals surface area contributed by atoms with E-state index in [1.165, 1.54) is 25.8 Å². The van der Waals surface area contributed by atoms with Crippen LogP contribution in [0.15, 0.2) is 24.3 Å². The normalized spacial score (nSPS) is 9.22. The Hall–Kier alpha value is -1.73. The van der Waals surface area contributed by atoms with Gasteiger partial charge in [0.1, 0.15) is 0 Å². The predicted molar refractivity (Wildman–Crippen MR) is 72.2 cm³/mol. The number of hydrogen-bond acceptors (Lipinski definition) is 4.